The maximum atomic E-state index is 9.71. The number of hydrogen-bond donors (Lipinski definition) is 1. The molecule has 27 heavy (non-hydrogen) atoms. The first-order chi connectivity index (χ1) is 13.2. The van der Waals surface area contributed by atoms with E-state index in [1.54, 1.807) is 12.1 Å². The van der Waals surface area contributed by atoms with Crippen molar-refractivity contribution >= 4 is 0 Å². The van der Waals surface area contributed by atoms with Crippen LogP contribution >= 0.6 is 0 Å². The normalized spacial score (nSPS) is 10.3. The van der Waals surface area contributed by atoms with E-state index in [1.165, 1.54) is 11.1 Å². The zero-order valence-corrected chi connectivity index (χ0v) is 14.6. The molecule has 0 atom stereocenters. The van der Waals surface area contributed by atoms with E-state index in [0.29, 0.717) is 0 Å². The van der Waals surface area contributed by atoms with Gasteiger partial charge in [0.05, 0.1) is 5.56 Å². The first kappa shape index (κ1) is 16.6. The molecule has 0 aliphatic heterocycles. The molecule has 4 aromatic rings. The number of nitrogens with zero attached hydrogens (tertiary/aromatic N) is 1. The van der Waals surface area contributed by atoms with Gasteiger partial charge in [-0.25, -0.2) is 0 Å². The van der Waals surface area contributed by atoms with E-state index in [0.717, 1.165) is 22.3 Å². The number of rotatable bonds is 3. The Morgan fingerprint density at radius 3 is 1.67 bits per heavy atom. The minimum Gasteiger partial charge on any atom is -0.507 e. The van der Waals surface area contributed by atoms with Gasteiger partial charge in [0.15, 0.2) is 0 Å². The highest BCUT2D eigenvalue weighted by Crippen LogP contribution is 2.30. The molecule has 4 aromatic carbocycles. The SMILES string of the molecule is N#Cc1cc(-c2cccc(-c3ccc(-c4ccccc4)cc3)c2)ccc1O. The van der Waals surface area contributed by atoms with Crippen LogP contribution in [-0.2, 0) is 0 Å². The van der Waals surface area contributed by atoms with Crippen LogP contribution in [0.1, 0.15) is 5.56 Å². The summed E-state index contributed by atoms with van der Waals surface area (Å²) in [6.45, 7) is 0. The van der Waals surface area contributed by atoms with Crippen molar-refractivity contribution in [2.45, 2.75) is 0 Å². The quantitative estimate of drug-likeness (QED) is 0.475. The van der Waals surface area contributed by atoms with Crippen molar-refractivity contribution in [1.82, 2.24) is 0 Å². The zero-order chi connectivity index (χ0) is 18.6. The first-order valence-corrected chi connectivity index (χ1v) is 8.74. The van der Waals surface area contributed by atoms with E-state index in [1.807, 2.05) is 42.5 Å². The lowest BCUT2D eigenvalue weighted by molar-refractivity contribution is 0.473. The maximum absolute atomic E-state index is 9.71. The molecular weight excluding hydrogens is 330 g/mol. The van der Waals surface area contributed by atoms with Crippen LogP contribution in [0, 0.1) is 11.3 Å². The Bertz CT molecular complexity index is 1120. The van der Waals surface area contributed by atoms with Gasteiger partial charge >= 0.3 is 0 Å². The molecule has 0 saturated carbocycles. The fourth-order valence-corrected chi connectivity index (χ4v) is 3.17. The van der Waals surface area contributed by atoms with Crippen LogP contribution in [0.2, 0.25) is 0 Å². The molecule has 0 aromatic heterocycles. The summed E-state index contributed by atoms with van der Waals surface area (Å²) in [6.07, 6.45) is 0. The molecule has 2 nitrogen and oxygen atoms in total. The van der Waals surface area contributed by atoms with E-state index in [-0.39, 0.29) is 11.3 Å². The number of hydrogen-bond acceptors (Lipinski definition) is 2. The molecule has 0 aliphatic rings. The van der Waals surface area contributed by atoms with E-state index in [9.17, 15) is 5.11 Å². The lowest BCUT2D eigenvalue weighted by Crippen LogP contribution is -1.84. The van der Waals surface area contributed by atoms with Gasteiger partial charge in [-0.2, -0.15) is 5.26 Å². The van der Waals surface area contributed by atoms with Crippen molar-refractivity contribution in [3.63, 3.8) is 0 Å². The molecule has 0 aliphatic carbocycles. The summed E-state index contributed by atoms with van der Waals surface area (Å²) in [5, 5.41) is 18.8. The largest absolute Gasteiger partial charge is 0.507 e. The fraction of sp³-hybridized carbons (Fsp3) is 0. The maximum Gasteiger partial charge on any atom is 0.133 e. The predicted octanol–water partition coefficient (Wildman–Crippen LogP) is 6.26. The van der Waals surface area contributed by atoms with Gasteiger partial charge in [-0.1, -0.05) is 78.9 Å². The topological polar surface area (TPSA) is 44.0 Å². The molecule has 0 amide bonds. The smallest absolute Gasteiger partial charge is 0.133 e. The third-order valence-electron chi connectivity index (χ3n) is 4.64. The molecule has 0 saturated heterocycles. The summed E-state index contributed by atoms with van der Waals surface area (Å²) in [6, 6.07) is 34.1. The monoisotopic (exact) mass is 347 g/mol. The van der Waals surface area contributed by atoms with Gasteiger partial charge in [0.1, 0.15) is 11.8 Å². The van der Waals surface area contributed by atoms with Crippen LogP contribution < -0.4 is 0 Å². The highest BCUT2D eigenvalue weighted by molar-refractivity contribution is 5.76. The Kier molecular flexibility index (Phi) is 4.43. The third-order valence-corrected chi connectivity index (χ3v) is 4.64. The second kappa shape index (κ2) is 7.19. The van der Waals surface area contributed by atoms with E-state index in [4.69, 9.17) is 5.26 Å². The average molecular weight is 347 g/mol. The average Bonchev–Trinajstić information content (AvgIpc) is 2.75. The van der Waals surface area contributed by atoms with Crippen molar-refractivity contribution in [1.29, 1.82) is 5.26 Å². The number of phenols is 1. The predicted molar refractivity (Wildman–Crippen MR) is 109 cm³/mol. The lowest BCUT2D eigenvalue weighted by atomic mass is 9.96. The van der Waals surface area contributed by atoms with Crippen molar-refractivity contribution in [2.75, 3.05) is 0 Å². The molecular formula is C25H17NO. The number of benzene rings is 4. The Balaban J connectivity index is 1.68. The number of aromatic hydroxyl groups is 1. The van der Waals surface area contributed by atoms with Gasteiger partial charge in [0.2, 0.25) is 0 Å². The van der Waals surface area contributed by atoms with Crippen LogP contribution in [0.5, 0.6) is 5.75 Å². The first-order valence-electron chi connectivity index (χ1n) is 8.74. The molecule has 4 rings (SSSR count). The summed E-state index contributed by atoms with van der Waals surface area (Å²) in [4.78, 5) is 0. The Morgan fingerprint density at radius 1 is 0.519 bits per heavy atom. The minimum atomic E-state index is 0.00825. The molecule has 0 bridgehead atoms. The molecule has 2 heteroatoms. The number of nitriles is 1. The molecule has 0 radical (unpaired) electrons. The molecule has 0 heterocycles. The molecule has 0 spiro atoms. The second-order valence-electron chi connectivity index (χ2n) is 6.37. The molecule has 0 unspecified atom stereocenters. The summed E-state index contributed by atoms with van der Waals surface area (Å²) in [5.41, 5.74) is 6.83. The van der Waals surface area contributed by atoms with Gasteiger partial charge < -0.3 is 5.11 Å². The number of phenolic OH excluding ortho intramolecular Hbond substituents is 1. The van der Waals surface area contributed by atoms with Crippen LogP contribution in [0.3, 0.4) is 0 Å². The van der Waals surface area contributed by atoms with Gasteiger partial charge in [-0.3, -0.25) is 0 Å². The van der Waals surface area contributed by atoms with Crippen molar-refractivity contribution in [3.8, 4) is 45.2 Å². The van der Waals surface area contributed by atoms with E-state index >= 15 is 0 Å². The van der Waals surface area contributed by atoms with Crippen LogP contribution in [-0.4, -0.2) is 5.11 Å². The second-order valence-corrected chi connectivity index (χ2v) is 6.37. The van der Waals surface area contributed by atoms with Crippen LogP contribution in [0.15, 0.2) is 97.1 Å². The van der Waals surface area contributed by atoms with E-state index in [2.05, 4.69) is 48.5 Å². The standard InChI is InChI=1S/C25H17NO/c26-17-24-16-23(13-14-25(24)27)22-8-4-7-21(15-22)20-11-9-19(10-12-20)18-5-2-1-3-6-18/h1-16,27H. The van der Waals surface area contributed by atoms with Gasteiger partial charge in [0, 0.05) is 0 Å². The highest BCUT2D eigenvalue weighted by atomic mass is 16.3. The van der Waals surface area contributed by atoms with Gasteiger partial charge in [-0.15, -0.1) is 0 Å². The Labute approximate surface area is 158 Å². The lowest BCUT2D eigenvalue weighted by Gasteiger charge is -2.08. The van der Waals surface area contributed by atoms with Gasteiger partial charge in [0.25, 0.3) is 0 Å². The van der Waals surface area contributed by atoms with Crippen LogP contribution in [0.25, 0.3) is 33.4 Å². The molecule has 128 valence electrons. The van der Waals surface area contributed by atoms with Gasteiger partial charge in [-0.05, 0) is 51.6 Å². The van der Waals surface area contributed by atoms with Crippen molar-refractivity contribution < 1.29 is 5.11 Å². The minimum absolute atomic E-state index is 0.00825. The Hall–Kier alpha value is -3.83. The van der Waals surface area contributed by atoms with Crippen molar-refractivity contribution in [2.24, 2.45) is 0 Å². The summed E-state index contributed by atoms with van der Waals surface area (Å²) < 4.78 is 0. The fourth-order valence-electron chi connectivity index (χ4n) is 3.17. The van der Waals surface area contributed by atoms with Crippen LogP contribution in [0.4, 0.5) is 0 Å². The molecule has 0 fully saturated rings. The van der Waals surface area contributed by atoms with E-state index < -0.39 is 0 Å². The summed E-state index contributed by atoms with van der Waals surface area (Å²) in [5.74, 6) is 0.00825. The van der Waals surface area contributed by atoms with Crippen molar-refractivity contribution in [3.05, 3.63) is 103 Å². The summed E-state index contributed by atoms with van der Waals surface area (Å²) >= 11 is 0. The highest BCUT2D eigenvalue weighted by Gasteiger charge is 2.06. The summed E-state index contributed by atoms with van der Waals surface area (Å²) in [7, 11) is 0. The molecule has 1 N–H and O–H groups in total. The third kappa shape index (κ3) is 3.44. The Morgan fingerprint density at radius 2 is 1.00 bits per heavy atom. The zero-order valence-electron chi connectivity index (χ0n) is 14.6.